The molecule has 18 heavy (non-hydrogen) atoms. The van der Waals surface area contributed by atoms with Crippen LogP contribution in [-0.4, -0.2) is 30.1 Å². The molecule has 2 N–H and O–H groups in total. The van der Waals surface area contributed by atoms with Crippen molar-refractivity contribution in [2.75, 3.05) is 13.1 Å². The Morgan fingerprint density at radius 3 is 2.83 bits per heavy atom. The van der Waals surface area contributed by atoms with Crippen LogP contribution in [-0.2, 0) is 11.3 Å². The molecule has 0 aromatic heterocycles. The molecule has 5 heteroatoms. The number of rotatable bonds is 2. The number of piperidine rings is 1. The standard InChI is InChI=1S/C13H17ClN2O2/c14-11-3-1-2-10(8-11)9-18-13(17)16-6-4-12(15)5-7-16/h1-3,8,12H,4-7,9,15H2. The minimum Gasteiger partial charge on any atom is -0.445 e. The third-order valence-corrected chi connectivity index (χ3v) is 3.28. The van der Waals surface area contributed by atoms with Crippen LogP contribution in [0.5, 0.6) is 0 Å². The molecule has 1 aliphatic heterocycles. The van der Waals surface area contributed by atoms with Crippen molar-refractivity contribution < 1.29 is 9.53 Å². The first-order valence-corrected chi connectivity index (χ1v) is 6.44. The van der Waals surface area contributed by atoms with Gasteiger partial charge in [-0.3, -0.25) is 0 Å². The van der Waals surface area contributed by atoms with Gasteiger partial charge in [0.05, 0.1) is 0 Å². The van der Waals surface area contributed by atoms with Crippen LogP contribution in [0.3, 0.4) is 0 Å². The van der Waals surface area contributed by atoms with Gasteiger partial charge in [0.2, 0.25) is 0 Å². The Labute approximate surface area is 112 Å². The third-order valence-electron chi connectivity index (χ3n) is 3.05. The summed E-state index contributed by atoms with van der Waals surface area (Å²) in [4.78, 5) is 13.5. The molecule has 0 unspecified atom stereocenters. The summed E-state index contributed by atoms with van der Waals surface area (Å²) in [6, 6.07) is 7.51. The van der Waals surface area contributed by atoms with Gasteiger partial charge in [0, 0.05) is 24.2 Å². The van der Waals surface area contributed by atoms with E-state index < -0.39 is 0 Å². The number of benzene rings is 1. The molecule has 1 fully saturated rings. The molecule has 0 aliphatic carbocycles. The number of amides is 1. The van der Waals surface area contributed by atoms with E-state index in [1.807, 2.05) is 12.1 Å². The van der Waals surface area contributed by atoms with Crippen LogP contribution < -0.4 is 5.73 Å². The summed E-state index contributed by atoms with van der Waals surface area (Å²) in [6.07, 6.45) is 1.40. The number of carbonyl (C=O) groups excluding carboxylic acids is 1. The minimum absolute atomic E-state index is 0.210. The summed E-state index contributed by atoms with van der Waals surface area (Å²) in [7, 11) is 0. The molecule has 0 saturated carbocycles. The number of ether oxygens (including phenoxy) is 1. The number of likely N-dealkylation sites (tertiary alicyclic amines) is 1. The molecule has 1 amide bonds. The van der Waals surface area contributed by atoms with Gasteiger partial charge < -0.3 is 15.4 Å². The Kier molecular flexibility index (Phi) is 4.44. The van der Waals surface area contributed by atoms with Crippen molar-refractivity contribution >= 4 is 17.7 Å². The normalized spacial score (nSPS) is 16.7. The van der Waals surface area contributed by atoms with Gasteiger partial charge in [0.25, 0.3) is 0 Å². The van der Waals surface area contributed by atoms with Crippen molar-refractivity contribution in [3.05, 3.63) is 34.9 Å². The predicted molar refractivity (Wildman–Crippen MR) is 70.4 cm³/mol. The van der Waals surface area contributed by atoms with Crippen LogP contribution in [0.25, 0.3) is 0 Å². The highest BCUT2D eigenvalue weighted by Gasteiger charge is 2.21. The SMILES string of the molecule is NC1CCN(C(=O)OCc2cccc(Cl)c2)CC1. The molecule has 0 spiro atoms. The van der Waals surface area contributed by atoms with Crippen LogP contribution in [0, 0.1) is 0 Å². The van der Waals surface area contributed by atoms with E-state index in [-0.39, 0.29) is 18.7 Å². The number of nitrogens with two attached hydrogens (primary N) is 1. The van der Waals surface area contributed by atoms with Gasteiger partial charge in [-0.2, -0.15) is 0 Å². The molecule has 1 aliphatic rings. The van der Waals surface area contributed by atoms with Gasteiger partial charge in [-0.05, 0) is 30.5 Å². The molecule has 1 heterocycles. The predicted octanol–water partition coefficient (Wildman–Crippen LogP) is 2.40. The zero-order chi connectivity index (χ0) is 13.0. The maximum Gasteiger partial charge on any atom is 0.410 e. The van der Waals surface area contributed by atoms with Gasteiger partial charge in [0.1, 0.15) is 6.61 Å². The van der Waals surface area contributed by atoms with Crippen molar-refractivity contribution in [3.63, 3.8) is 0 Å². The van der Waals surface area contributed by atoms with Crippen molar-refractivity contribution in [1.29, 1.82) is 0 Å². The fraction of sp³-hybridized carbons (Fsp3) is 0.462. The molecule has 0 atom stereocenters. The molecule has 2 rings (SSSR count). The highest BCUT2D eigenvalue weighted by Crippen LogP contribution is 2.13. The molecule has 0 radical (unpaired) electrons. The number of carbonyl (C=O) groups is 1. The van der Waals surface area contributed by atoms with E-state index in [4.69, 9.17) is 22.1 Å². The Hall–Kier alpha value is -1.26. The zero-order valence-electron chi connectivity index (χ0n) is 10.1. The second kappa shape index (κ2) is 6.07. The molecule has 1 saturated heterocycles. The summed E-state index contributed by atoms with van der Waals surface area (Å²) >= 11 is 5.86. The third kappa shape index (κ3) is 3.62. The summed E-state index contributed by atoms with van der Waals surface area (Å²) in [5.74, 6) is 0. The number of hydrogen-bond donors (Lipinski definition) is 1. The first-order chi connectivity index (χ1) is 8.65. The van der Waals surface area contributed by atoms with E-state index >= 15 is 0 Å². The smallest absolute Gasteiger partial charge is 0.410 e. The molecule has 0 bridgehead atoms. The number of nitrogens with zero attached hydrogens (tertiary/aromatic N) is 1. The van der Waals surface area contributed by atoms with E-state index in [1.54, 1.807) is 17.0 Å². The van der Waals surface area contributed by atoms with Crippen LogP contribution in [0.15, 0.2) is 24.3 Å². The first-order valence-electron chi connectivity index (χ1n) is 6.07. The highest BCUT2D eigenvalue weighted by molar-refractivity contribution is 6.30. The monoisotopic (exact) mass is 268 g/mol. The topological polar surface area (TPSA) is 55.6 Å². The lowest BCUT2D eigenvalue weighted by Gasteiger charge is -2.29. The van der Waals surface area contributed by atoms with Gasteiger partial charge in [-0.1, -0.05) is 23.7 Å². The van der Waals surface area contributed by atoms with Crippen molar-refractivity contribution in [2.24, 2.45) is 5.73 Å². The average molecular weight is 269 g/mol. The fourth-order valence-corrected chi connectivity index (χ4v) is 2.16. The average Bonchev–Trinajstić information content (AvgIpc) is 2.37. The minimum atomic E-state index is -0.276. The van der Waals surface area contributed by atoms with E-state index in [1.165, 1.54) is 0 Å². The van der Waals surface area contributed by atoms with Gasteiger partial charge in [0.15, 0.2) is 0 Å². The fourth-order valence-electron chi connectivity index (χ4n) is 1.95. The Morgan fingerprint density at radius 2 is 2.17 bits per heavy atom. The summed E-state index contributed by atoms with van der Waals surface area (Å²) in [5, 5.41) is 0.646. The second-order valence-electron chi connectivity index (χ2n) is 4.51. The van der Waals surface area contributed by atoms with Gasteiger partial charge in [-0.25, -0.2) is 4.79 Å². The maximum absolute atomic E-state index is 11.8. The molecular formula is C13H17ClN2O2. The van der Waals surface area contributed by atoms with Crippen molar-refractivity contribution in [1.82, 2.24) is 4.90 Å². The summed E-state index contributed by atoms with van der Waals surface area (Å²) in [5.41, 5.74) is 6.68. The highest BCUT2D eigenvalue weighted by atomic mass is 35.5. The van der Waals surface area contributed by atoms with Crippen LogP contribution in [0.1, 0.15) is 18.4 Å². The molecular weight excluding hydrogens is 252 g/mol. The van der Waals surface area contributed by atoms with E-state index in [0.29, 0.717) is 18.1 Å². The largest absolute Gasteiger partial charge is 0.445 e. The van der Waals surface area contributed by atoms with Gasteiger partial charge >= 0.3 is 6.09 Å². The second-order valence-corrected chi connectivity index (χ2v) is 4.95. The number of hydrogen-bond acceptors (Lipinski definition) is 3. The summed E-state index contributed by atoms with van der Waals surface area (Å²) in [6.45, 7) is 1.60. The quantitative estimate of drug-likeness (QED) is 0.896. The first kappa shape index (κ1) is 13.2. The zero-order valence-corrected chi connectivity index (χ0v) is 10.9. The van der Waals surface area contributed by atoms with Crippen molar-refractivity contribution in [3.8, 4) is 0 Å². The van der Waals surface area contributed by atoms with Crippen LogP contribution >= 0.6 is 11.6 Å². The van der Waals surface area contributed by atoms with Crippen LogP contribution in [0.4, 0.5) is 4.79 Å². The lowest BCUT2D eigenvalue weighted by atomic mass is 10.1. The Bertz CT molecular complexity index is 417. The summed E-state index contributed by atoms with van der Waals surface area (Å²) < 4.78 is 5.25. The lowest BCUT2D eigenvalue weighted by Crippen LogP contribution is -2.43. The van der Waals surface area contributed by atoms with E-state index in [0.717, 1.165) is 18.4 Å². The van der Waals surface area contributed by atoms with E-state index in [2.05, 4.69) is 0 Å². The lowest BCUT2D eigenvalue weighted by molar-refractivity contribution is 0.0873. The van der Waals surface area contributed by atoms with Crippen LogP contribution in [0.2, 0.25) is 5.02 Å². The van der Waals surface area contributed by atoms with Gasteiger partial charge in [-0.15, -0.1) is 0 Å². The van der Waals surface area contributed by atoms with Crippen molar-refractivity contribution in [2.45, 2.75) is 25.5 Å². The maximum atomic E-state index is 11.8. The molecule has 4 nitrogen and oxygen atoms in total. The Morgan fingerprint density at radius 1 is 1.44 bits per heavy atom. The number of halogens is 1. The van der Waals surface area contributed by atoms with E-state index in [9.17, 15) is 4.79 Å². The Balaban J connectivity index is 1.81. The molecule has 98 valence electrons. The molecule has 1 aromatic rings. The molecule has 1 aromatic carbocycles.